The van der Waals surface area contributed by atoms with E-state index >= 15 is 0 Å². The molecule has 1 saturated heterocycles. The van der Waals surface area contributed by atoms with Gasteiger partial charge in [0.15, 0.2) is 5.96 Å². The van der Waals surface area contributed by atoms with Crippen LogP contribution in [0.4, 0.5) is 0 Å². The fraction of sp³-hybridized carbons (Fsp3) is 0.545. The minimum absolute atomic E-state index is 0.352. The van der Waals surface area contributed by atoms with Crippen LogP contribution in [0.15, 0.2) is 40.7 Å². The summed E-state index contributed by atoms with van der Waals surface area (Å²) in [5.74, 6) is 0.897. The highest BCUT2D eigenvalue weighted by Gasteiger charge is 2.23. The Kier molecular flexibility index (Phi) is 8.30. The third-order valence-electron chi connectivity index (χ3n) is 5.11. The molecule has 152 valence electrons. The van der Waals surface area contributed by atoms with Crippen molar-refractivity contribution in [3.63, 3.8) is 0 Å². The second-order valence-electron chi connectivity index (χ2n) is 7.15. The molecule has 6 heteroatoms. The molecule has 1 aliphatic rings. The average molecular weight is 400 g/mol. The first kappa shape index (κ1) is 20.8. The van der Waals surface area contributed by atoms with Gasteiger partial charge in [0.05, 0.1) is 23.3 Å². The lowest BCUT2D eigenvalue weighted by atomic mass is 10.1. The van der Waals surface area contributed by atoms with Gasteiger partial charge in [0.1, 0.15) is 0 Å². The Labute approximate surface area is 173 Å². The third-order valence-corrected chi connectivity index (χ3v) is 6.15. The van der Waals surface area contributed by atoms with Crippen molar-refractivity contribution in [3.05, 3.63) is 52.0 Å². The summed E-state index contributed by atoms with van der Waals surface area (Å²) in [6, 6.07) is 11.2. The SMILES string of the molecule is CCNC(=NCC(c1ccccc1)N1CCCC1)NCCc1csc(CC)n1. The lowest BCUT2D eigenvalue weighted by Crippen LogP contribution is -2.39. The molecule has 2 aromatic rings. The standard InChI is InChI=1S/C22H33N5S/c1-3-21-26-19(17-28-21)12-13-24-22(23-4-2)25-16-20(27-14-8-9-15-27)18-10-6-5-7-11-18/h5-7,10-11,17,20H,3-4,8-9,12-16H2,1-2H3,(H2,23,24,25). The Balaban J connectivity index is 1.60. The molecular weight excluding hydrogens is 366 g/mol. The van der Waals surface area contributed by atoms with E-state index in [-0.39, 0.29) is 0 Å². The molecule has 5 nitrogen and oxygen atoms in total. The molecule has 1 aliphatic heterocycles. The van der Waals surface area contributed by atoms with Crippen LogP contribution < -0.4 is 10.6 Å². The van der Waals surface area contributed by atoms with Crippen molar-refractivity contribution in [3.8, 4) is 0 Å². The number of benzene rings is 1. The summed E-state index contributed by atoms with van der Waals surface area (Å²) in [7, 11) is 0. The van der Waals surface area contributed by atoms with Gasteiger partial charge in [-0.25, -0.2) is 4.98 Å². The number of aryl methyl sites for hydroxylation is 1. The maximum absolute atomic E-state index is 4.92. The first-order valence-corrected chi connectivity index (χ1v) is 11.4. The van der Waals surface area contributed by atoms with Gasteiger partial charge in [-0.2, -0.15) is 0 Å². The summed E-state index contributed by atoms with van der Waals surface area (Å²) >= 11 is 1.75. The molecule has 0 radical (unpaired) electrons. The molecule has 1 unspecified atom stereocenters. The molecule has 0 aliphatic carbocycles. The summed E-state index contributed by atoms with van der Waals surface area (Å²) < 4.78 is 0. The number of nitrogens with zero attached hydrogens (tertiary/aromatic N) is 3. The van der Waals surface area contributed by atoms with Gasteiger partial charge in [0.2, 0.25) is 0 Å². The van der Waals surface area contributed by atoms with Crippen molar-refractivity contribution in [2.24, 2.45) is 4.99 Å². The quantitative estimate of drug-likeness (QED) is 0.499. The number of aliphatic imine (C=N–C) groups is 1. The number of hydrogen-bond donors (Lipinski definition) is 2. The number of nitrogens with one attached hydrogen (secondary N) is 2. The summed E-state index contributed by atoms with van der Waals surface area (Å²) in [6.45, 7) is 9.09. The van der Waals surface area contributed by atoms with Crippen LogP contribution in [0.5, 0.6) is 0 Å². The fourth-order valence-electron chi connectivity index (χ4n) is 3.61. The second kappa shape index (κ2) is 11.2. The van der Waals surface area contributed by atoms with Crippen LogP contribution in [0.1, 0.15) is 49.0 Å². The van der Waals surface area contributed by atoms with Crippen molar-refractivity contribution in [2.75, 3.05) is 32.7 Å². The highest BCUT2D eigenvalue weighted by molar-refractivity contribution is 7.09. The lowest BCUT2D eigenvalue weighted by molar-refractivity contribution is 0.251. The van der Waals surface area contributed by atoms with Crippen LogP contribution in [0.2, 0.25) is 0 Å². The summed E-state index contributed by atoms with van der Waals surface area (Å²) in [5.41, 5.74) is 2.53. The van der Waals surface area contributed by atoms with Crippen LogP contribution in [-0.4, -0.2) is 48.6 Å². The van der Waals surface area contributed by atoms with Gasteiger partial charge < -0.3 is 10.6 Å². The highest BCUT2D eigenvalue weighted by Crippen LogP contribution is 2.25. The molecule has 3 rings (SSSR count). The van der Waals surface area contributed by atoms with Gasteiger partial charge in [0.25, 0.3) is 0 Å². The molecule has 0 amide bonds. The van der Waals surface area contributed by atoms with Gasteiger partial charge in [-0.3, -0.25) is 9.89 Å². The molecule has 28 heavy (non-hydrogen) atoms. The van der Waals surface area contributed by atoms with Crippen LogP contribution in [-0.2, 0) is 12.8 Å². The van der Waals surface area contributed by atoms with E-state index < -0.39 is 0 Å². The topological polar surface area (TPSA) is 52.6 Å². The Morgan fingerprint density at radius 3 is 2.64 bits per heavy atom. The van der Waals surface area contributed by atoms with E-state index in [1.807, 2.05) is 0 Å². The zero-order valence-corrected chi connectivity index (χ0v) is 18.0. The molecule has 2 heterocycles. The van der Waals surface area contributed by atoms with Gasteiger partial charge >= 0.3 is 0 Å². The zero-order valence-electron chi connectivity index (χ0n) is 17.2. The van der Waals surface area contributed by atoms with Crippen molar-refractivity contribution in [1.82, 2.24) is 20.5 Å². The molecule has 1 fully saturated rings. The number of aromatic nitrogens is 1. The van der Waals surface area contributed by atoms with E-state index in [2.05, 4.69) is 70.1 Å². The Bertz CT molecular complexity index is 722. The number of rotatable bonds is 9. The van der Waals surface area contributed by atoms with Gasteiger partial charge in [-0.1, -0.05) is 37.3 Å². The van der Waals surface area contributed by atoms with Gasteiger partial charge in [-0.15, -0.1) is 11.3 Å². The average Bonchev–Trinajstić information content (AvgIpc) is 3.41. The van der Waals surface area contributed by atoms with Crippen LogP contribution in [0, 0.1) is 0 Å². The van der Waals surface area contributed by atoms with Crippen LogP contribution in [0.3, 0.4) is 0 Å². The van der Waals surface area contributed by atoms with E-state index in [0.29, 0.717) is 6.04 Å². The predicted molar refractivity (Wildman–Crippen MR) is 119 cm³/mol. The maximum Gasteiger partial charge on any atom is 0.191 e. The molecule has 0 spiro atoms. The maximum atomic E-state index is 4.92. The first-order chi connectivity index (χ1) is 13.8. The monoisotopic (exact) mass is 399 g/mol. The van der Waals surface area contributed by atoms with Gasteiger partial charge in [0, 0.05) is 24.9 Å². The Hall–Kier alpha value is -1.92. The van der Waals surface area contributed by atoms with Crippen LogP contribution in [0.25, 0.3) is 0 Å². The molecule has 0 bridgehead atoms. The summed E-state index contributed by atoms with van der Waals surface area (Å²) in [6.07, 6.45) is 4.52. The zero-order chi connectivity index (χ0) is 19.6. The smallest absolute Gasteiger partial charge is 0.191 e. The van der Waals surface area contributed by atoms with Crippen molar-refractivity contribution in [1.29, 1.82) is 0 Å². The van der Waals surface area contributed by atoms with Crippen molar-refractivity contribution < 1.29 is 0 Å². The molecular formula is C22H33N5S. The summed E-state index contributed by atoms with van der Waals surface area (Å²) in [4.78, 5) is 12.1. The normalized spacial score (nSPS) is 16.3. The number of hydrogen-bond acceptors (Lipinski definition) is 4. The highest BCUT2D eigenvalue weighted by atomic mass is 32.1. The minimum atomic E-state index is 0.352. The van der Waals surface area contributed by atoms with E-state index in [0.717, 1.165) is 38.4 Å². The van der Waals surface area contributed by atoms with E-state index in [1.165, 1.54) is 42.2 Å². The molecule has 0 saturated carbocycles. The van der Waals surface area contributed by atoms with E-state index in [1.54, 1.807) is 11.3 Å². The number of thiazole rings is 1. The number of guanidine groups is 1. The summed E-state index contributed by atoms with van der Waals surface area (Å²) in [5, 5.41) is 10.2. The van der Waals surface area contributed by atoms with Crippen LogP contribution >= 0.6 is 11.3 Å². The molecule has 1 aromatic heterocycles. The molecule has 1 atom stereocenters. The van der Waals surface area contributed by atoms with Crippen molar-refractivity contribution >= 4 is 17.3 Å². The lowest BCUT2D eigenvalue weighted by Gasteiger charge is -2.27. The Morgan fingerprint density at radius 1 is 1.18 bits per heavy atom. The molecule has 2 N–H and O–H groups in total. The molecule has 1 aromatic carbocycles. The second-order valence-corrected chi connectivity index (χ2v) is 8.09. The van der Waals surface area contributed by atoms with Crippen molar-refractivity contribution in [2.45, 2.75) is 45.6 Å². The Morgan fingerprint density at radius 2 is 1.96 bits per heavy atom. The predicted octanol–water partition coefficient (Wildman–Crippen LogP) is 3.64. The van der Waals surface area contributed by atoms with E-state index in [9.17, 15) is 0 Å². The fourth-order valence-corrected chi connectivity index (χ4v) is 4.39. The van der Waals surface area contributed by atoms with E-state index in [4.69, 9.17) is 4.99 Å². The largest absolute Gasteiger partial charge is 0.357 e. The first-order valence-electron chi connectivity index (χ1n) is 10.5. The number of likely N-dealkylation sites (tertiary alicyclic amines) is 1. The third kappa shape index (κ3) is 6.04. The minimum Gasteiger partial charge on any atom is -0.357 e. The van der Waals surface area contributed by atoms with Gasteiger partial charge in [-0.05, 0) is 44.8 Å².